The quantitative estimate of drug-likeness (QED) is 0.594. The number of allylic oxidation sites excluding steroid dienone is 4. The van der Waals surface area contributed by atoms with Crippen molar-refractivity contribution in [1.29, 1.82) is 0 Å². The van der Waals surface area contributed by atoms with Crippen LogP contribution in [-0.2, 0) is 9.59 Å². The summed E-state index contributed by atoms with van der Waals surface area (Å²) in [6.07, 6.45) is 5.21. The zero-order chi connectivity index (χ0) is 17.2. The lowest BCUT2D eigenvalue weighted by molar-refractivity contribution is -0.122. The fraction of sp³-hybridized carbons (Fsp3) is 0.400. The molecule has 0 radical (unpaired) electrons. The molecule has 1 aliphatic heterocycles. The average Bonchev–Trinajstić information content (AvgIpc) is 3.20. The summed E-state index contributed by atoms with van der Waals surface area (Å²) >= 11 is 6.19. The molecule has 0 spiro atoms. The molecule has 0 aromatic heterocycles. The normalized spacial score (nSPS) is 30.5. The minimum Gasteiger partial charge on any atom is -0.274 e. The molecule has 4 atom stereocenters. The Morgan fingerprint density at radius 1 is 1.12 bits per heavy atom. The van der Waals surface area contributed by atoms with Gasteiger partial charge in [0, 0.05) is 16.9 Å². The van der Waals surface area contributed by atoms with E-state index >= 15 is 0 Å². The highest BCUT2D eigenvalue weighted by Gasteiger charge is 2.62. The van der Waals surface area contributed by atoms with E-state index in [1.165, 1.54) is 16.0 Å². The molecule has 24 heavy (non-hydrogen) atoms. The number of hydrogen-bond acceptors (Lipinski definition) is 2. The van der Waals surface area contributed by atoms with Gasteiger partial charge >= 0.3 is 0 Å². The van der Waals surface area contributed by atoms with Gasteiger partial charge in [-0.2, -0.15) is 0 Å². The van der Waals surface area contributed by atoms with Crippen molar-refractivity contribution >= 4 is 29.1 Å². The minimum atomic E-state index is -0.246. The Balaban J connectivity index is 1.75. The van der Waals surface area contributed by atoms with Gasteiger partial charge in [0.05, 0.1) is 17.5 Å². The van der Waals surface area contributed by atoms with E-state index < -0.39 is 0 Å². The van der Waals surface area contributed by atoms with E-state index in [0.29, 0.717) is 10.7 Å². The average molecular weight is 342 g/mol. The van der Waals surface area contributed by atoms with Crippen LogP contribution in [0.2, 0.25) is 5.02 Å². The zero-order valence-electron chi connectivity index (χ0n) is 14.0. The number of nitrogens with zero attached hydrogens (tertiary/aromatic N) is 1. The van der Waals surface area contributed by atoms with Crippen LogP contribution >= 0.6 is 11.6 Å². The number of benzene rings is 1. The van der Waals surface area contributed by atoms with Crippen molar-refractivity contribution in [3.8, 4) is 0 Å². The maximum absolute atomic E-state index is 13.0. The summed E-state index contributed by atoms with van der Waals surface area (Å²) in [6, 6.07) is 5.38. The van der Waals surface area contributed by atoms with Gasteiger partial charge in [-0.1, -0.05) is 47.9 Å². The topological polar surface area (TPSA) is 37.4 Å². The van der Waals surface area contributed by atoms with Crippen LogP contribution in [0.25, 0.3) is 0 Å². The lowest BCUT2D eigenvalue weighted by atomic mass is 9.85. The molecule has 1 heterocycles. The molecular formula is C20H20ClNO2. The SMILES string of the molecule is CCC(C)=C1C2C=CC1C1C(=O)N(c3ccc(C)c(Cl)c3)C(=O)C21. The molecule has 124 valence electrons. The van der Waals surface area contributed by atoms with Crippen LogP contribution in [0.15, 0.2) is 41.5 Å². The van der Waals surface area contributed by atoms with Crippen LogP contribution in [0.1, 0.15) is 25.8 Å². The highest BCUT2D eigenvalue weighted by atomic mass is 35.5. The number of amides is 2. The van der Waals surface area contributed by atoms with Gasteiger partial charge in [0.1, 0.15) is 0 Å². The van der Waals surface area contributed by atoms with Crippen LogP contribution in [0.5, 0.6) is 0 Å². The predicted molar refractivity (Wildman–Crippen MR) is 94.8 cm³/mol. The fourth-order valence-corrected chi connectivity index (χ4v) is 4.69. The van der Waals surface area contributed by atoms with E-state index in [4.69, 9.17) is 11.6 Å². The van der Waals surface area contributed by atoms with Crippen molar-refractivity contribution < 1.29 is 9.59 Å². The van der Waals surface area contributed by atoms with Gasteiger partial charge in [-0.15, -0.1) is 0 Å². The second-order valence-electron chi connectivity index (χ2n) is 7.02. The van der Waals surface area contributed by atoms with E-state index in [9.17, 15) is 9.59 Å². The third-order valence-corrected chi connectivity index (χ3v) is 6.26. The lowest BCUT2D eigenvalue weighted by Crippen LogP contribution is -2.33. The zero-order valence-corrected chi connectivity index (χ0v) is 14.8. The van der Waals surface area contributed by atoms with Crippen molar-refractivity contribution in [2.45, 2.75) is 27.2 Å². The maximum Gasteiger partial charge on any atom is 0.238 e. The van der Waals surface area contributed by atoms with Crippen molar-refractivity contribution in [3.63, 3.8) is 0 Å². The van der Waals surface area contributed by atoms with Gasteiger partial charge in [-0.25, -0.2) is 4.90 Å². The summed E-state index contributed by atoms with van der Waals surface area (Å²) in [5, 5.41) is 0.577. The van der Waals surface area contributed by atoms with Crippen LogP contribution in [0.4, 0.5) is 5.69 Å². The first-order valence-corrected chi connectivity index (χ1v) is 8.85. The monoisotopic (exact) mass is 341 g/mol. The second kappa shape index (κ2) is 5.32. The van der Waals surface area contributed by atoms with Crippen molar-refractivity contribution in [2.24, 2.45) is 23.7 Å². The van der Waals surface area contributed by atoms with Gasteiger partial charge in [0.25, 0.3) is 0 Å². The van der Waals surface area contributed by atoms with Crippen molar-refractivity contribution in [2.75, 3.05) is 4.90 Å². The molecular weight excluding hydrogens is 322 g/mol. The van der Waals surface area contributed by atoms with Gasteiger partial charge in [0.2, 0.25) is 11.8 Å². The van der Waals surface area contributed by atoms with Crippen LogP contribution in [0.3, 0.4) is 0 Å². The molecule has 0 N–H and O–H groups in total. The first-order valence-electron chi connectivity index (χ1n) is 8.47. The molecule has 1 saturated carbocycles. The number of rotatable bonds is 2. The number of hydrogen-bond donors (Lipinski definition) is 0. The Labute approximate surface area is 147 Å². The Morgan fingerprint density at radius 3 is 2.21 bits per heavy atom. The number of carbonyl (C=O) groups excluding carboxylic acids is 2. The Morgan fingerprint density at radius 2 is 1.71 bits per heavy atom. The standard InChI is InChI=1S/C20H20ClNO2/c1-4-10(2)16-13-7-8-14(16)18-17(13)19(23)22(20(18)24)12-6-5-11(3)15(21)9-12/h5-9,13-14,17-18H,4H2,1-3H3. The minimum absolute atomic E-state index is 0.0804. The highest BCUT2D eigenvalue weighted by molar-refractivity contribution is 6.32. The summed E-state index contributed by atoms with van der Waals surface area (Å²) in [5.74, 6) is -0.482. The molecule has 2 bridgehead atoms. The molecule has 3 aliphatic rings. The summed E-state index contributed by atoms with van der Waals surface area (Å²) in [4.78, 5) is 27.4. The fourth-order valence-electron chi connectivity index (χ4n) is 4.51. The summed E-state index contributed by atoms with van der Waals surface area (Å²) in [5.41, 5.74) is 4.14. The molecule has 1 aromatic carbocycles. The summed E-state index contributed by atoms with van der Waals surface area (Å²) in [6.45, 7) is 6.15. The molecule has 2 amide bonds. The molecule has 1 aromatic rings. The van der Waals surface area contributed by atoms with Crippen molar-refractivity contribution in [1.82, 2.24) is 0 Å². The highest BCUT2D eigenvalue weighted by Crippen LogP contribution is 2.57. The van der Waals surface area contributed by atoms with Crippen molar-refractivity contribution in [3.05, 3.63) is 52.1 Å². The number of imide groups is 1. The summed E-state index contributed by atoms with van der Waals surface area (Å²) in [7, 11) is 0. The second-order valence-corrected chi connectivity index (χ2v) is 7.43. The molecule has 1 saturated heterocycles. The van der Waals surface area contributed by atoms with Gasteiger partial charge in [-0.3, -0.25) is 9.59 Å². The first kappa shape index (κ1) is 15.6. The third-order valence-electron chi connectivity index (χ3n) is 5.85. The van der Waals surface area contributed by atoms with Crippen LogP contribution in [-0.4, -0.2) is 11.8 Å². The van der Waals surface area contributed by atoms with E-state index in [2.05, 4.69) is 26.0 Å². The Kier molecular flexibility index (Phi) is 3.47. The van der Waals surface area contributed by atoms with Gasteiger partial charge in [-0.05, 0) is 38.0 Å². The number of aryl methyl sites for hydroxylation is 1. The number of carbonyl (C=O) groups is 2. The molecule has 2 fully saturated rings. The van der Waals surface area contributed by atoms with Gasteiger partial charge in [0.15, 0.2) is 0 Å². The predicted octanol–water partition coefficient (Wildman–Crippen LogP) is 4.30. The van der Waals surface area contributed by atoms with E-state index in [-0.39, 0.29) is 35.5 Å². The summed E-state index contributed by atoms with van der Waals surface area (Å²) < 4.78 is 0. The van der Waals surface area contributed by atoms with Crippen LogP contribution in [0, 0.1) is 30.6 Å². The number of anilines is 1. The Hall–Kier alpha value is -1.87. The third kappa shape index (κ3) is 1.91. The Bertz CT molecular complexity index is 789. The number of fused-ring (bicyclic) bond motifs is 5. The first-order chi connectivity index (χ1) is 11.5. The molecule has 2 aliphatic carbocycles. The van der Waals surface area contributed by atoms with E-state index in [1.807, 2.05) is 13.0 Å². The van der Waals surface area contributed by atoms with Gasteiger partial charge < -0.3 is 0 Å². The van der Waals surface area contributed by atoms with Crippen LogP contribution < -0.4 is 4.90 Å². The molecule has 3 nitrogen and oxygen atoms in total. The molecule has 4 rings (SSSR count). The maximum atomic E-state index is 13.0. The van der Waals surface area contributed by atoms with E-state index in [1.54, 1.807) is 12.1 Å². The van der Waals surface area contributed by atoms with E-state index in [0.717, 1.165) is 12.0 Å². The molecule has 4 heteroatoms. The largest absolute Gasteiger partial charge is 0.274 e. The molecule has 4 unspecified atom stereocenters. The smallest absolute Gasteiger partial charge is 0.238 e. The lowest BCUT2D eigenvalue weighted by Gasteiger charge is -2.20. The number of halogens is 1.